The van der Waals surface area contributed by atoms with Crippen LogP contribution in [-0.4, -0.2) is 61.2 Å². The first kappa shape index (κ1) is 28.2. The summed E-state index contributed by atoms with van der Waals surface area (Å²) in [7, 11) is 0. The quantitative estimate of drug-likeness (QED) is 0.374. The molecule has 208 valence electrons. The zero-order valence-corrected chi connectivity index (χ0v) is 21.3. The second-order valence-electron chi connectivity index (χ2n) is 9.85. The van der Waals surface area contributed by atoms with Crippen molar-refractivity contribution in [3.05, 3.63) is 63.7 Å². The summed E-state index contributed by atoms with van der Waals surface area (Å²) in [5.74, 6) is 0.178. The van der Waals surface area contributed by atoms with Crippen molar-refractivity contribution in [3.8, 4) is 6.07 Å². The molecule has 39 heavy (non-hydrogen) atoms. The van der Waals surface area contributed by atoms with Crippen molar-refractivity contribution in [1.29, 1.82) is 5.26 Å². The van der Waals surface area contributed by atoms with E-state index in [-0.39, 0.29) is 30.2 Å². The van der Waals surface area contributed by atoms with Crippen LogP contribution >= 0.6 is 0 Å². The van der Waals surface area contributed by atoms with E-state index in [4.69, 9.17) is 10.00 Å². The Kier molecular flexibility index (Phi) is 8.91. The summed E-state index contributed by atoms with van der Waals surface area (Å²) >= 11 is 0. The van der Waals surface area contributed by atoms with E-state index in [1.54, 1.807) is 17.0 Å². The van der Waals surface area contributed by atoms with Gasteiger partial charge in [-0.2, -0.15) is 18.4 Å². The van der Waals surface area contributed by atoms with Crippen molar-refractivity contribution in [3.63, 3.8) is 0 Å². The molecule has 4 rings (SSSR count). The monoisotopic (exact) mass is 545 g/mol. The lowest BCUT2D eigenvalue weighted by Crippen LogP contribution is -2.50. The van der Waals surface area contributed by atoms with E-state index >= 15 is 0 Å². The molecule has 0 radical (unpaired) electrons. The molecule has 1 saturated carbocycles. The Morgan fingerprint density at radius 3 is 2.33 bits per heavy atom. The van der Waals surface area contributed by atoms with Gasteiger partial charge in [0.15, 0.2) is 0 Å². The van der Waals surface area contributed by atoms with E-state index in [2.05, 4.69) is 16.3 Å². The summed E-state index contributed by atoms with van der Waals surface area (Å²) in [6, 6.07) is 12.4. The zero-order chi connectivity index (χ0) is 28.0. The third kappa shape index (κ3) is 7.38. The Labute approximate surface area is 224 Å². The van der Waals surface area contributed by atoms with Crippen molar-refractivity contribution < 1.29 is 27.6 Å². The van der Waals surface area contributed by atoms with Gasteiger partial charge in [-0.3, -0.25) is 14.9 Å². The van der Waals surface area contributed by atoms with Crippen molar-refractivity contribution in [2.45, 2.75) is 38.0 Å². The second-order valence-corrected chi connectivity index (χ2v) is 9.85. The molecule has 1 amide bonds. The van der Waals surface area contributed by atoms with Crippen LogP contribution in [0.5, 0.6) is 0 Å². The number of ether oxygens (including phenoxy) is 1. The molecule has 2 aromatic rings. The molecule has 2 aliphatic rings. The van der Waals surface area contributed by atoms with Gasteiger partial charge in [0.05, 0.1) is 22.7 Å². The molecule has 1 N–H and O–H groups in total. The Morgan fingerprint density at radius 2 is 1.74 bits per heavy atom. The van der Waals surface area contributed by atoms with Crippen LogP contribution in [0, 0.1) is 27.4 Å². The number of nitrogens with zero attached hydrogens (tertiary/aromatic N) is 4. The minimum atomic E-state index is -4.81. The molecule has 2 aromatic carbocycles. The van der Waals surface area contributed by atoms with Gasteiger partial charge < -0.3 is 19.9 Å². The number of halogens is 3. The number of benzene rings is 2. The largest absolute Gasteiger partial charge is 0.423 e. The van der Waals surface area contributed by atoms with Crippen LogP contribution in [0.4, 0.5) is 30.2 Å². The molecular weight excluding hydrogens is 515 g/mol. The number of hydrogen-bond acceptors (Lipinski definition) is 7. The van der Waals surface area contributed by atoms with Gasteiger partial charge in [0, 0.05) is 50.2 Å². The van der Waals surface area contributed by atoms with Gasteiger partial charge >= 0.3 is 6.18 Å². The number of hydrogen-bond donors (Lipinski definition) is 1. The fourth-order valence-electron chi connectivity index (χ4n) is 5.04. The molecular formula is C27H30F3N5O4. The number of nitrogens with one attached hydrogen (secondary N) is 1. The zero-order valence-electron chi connectivity index (χ0n) is 21.3. The van der Waals surface area contributed by atoms with E-state index in [1.165, 1.54) is 6.07 Å². The summed E-state index contributed by atoms with van der Waals surface area (Å²) < 4.78 is 45.5. The lowest BCUT2D eigenvalue weighted by molar-refractivity contribution is -0.388. The average Bonchev–Trinajstić information content (AvgIpc) is 2.95. The average molecular weight is 546 g/mol. The van der Waals surface area contributed by atoms with Gasteiger partial charge in [-0.1, -0.05) is 0 Å². The minimum absolute atomic E-state index is 0.0213. The van der Waals surface area contributed by atoms with Gasteiger partial charge in [-0.15, -0.1) is 0 Å². The fraction of sp³-hybridized carbons (Fsp3) is 0.481. The highest BCUT2D eigenvalue weighted by Crippen LogP contribution is 2.38. The number of nitriles is 1. The van der Waals surface area contributed by atoms with E-state index in [0.29, 0.717) is 38.3 Å². The summed E-state index contributed by atoms with van der Waals surface area (Å²) in [4.78, 5) is 26.5. The molecule has 0 atom stereocenters. The first-order valence-electron chi connectivity index (χ1n) is 12.9. The molecule has 0 bridgehead atoms. The van der Waals surface area contributed by atoms with Gasteiger partial charge in [0.1, 0.15) is 12.2 Å². The van der Waals surface area contributed by atoms with Gasteiger partial charge in [-0.05, 0) is 68.0 Å². The number of rotatable bonds is 8. The number of piperazine rings is 1. The van der Waals surface area contributed by atoms with E-state index in [0.717, 1.165) is 43.5 Å². The lowest BCUT2D eigenvalue weighted by Gasteiger charge is -2.36. The van der Waals surface area contributed by atoms with Crippen LogP contribution in [0.2, 0.25) is 0 Å². The topological polar surface area (TPSA) is 112 Å². The van der Waals surface area contributed by atoms with Gasteiger partial charge in [0.2, 0.25) is 5.91 Å². The smallest absolute Gasteiger partial charge is 0.385 e. The number of carbonyl (C=O) groups excluding carboxylic acids is 1. The number of anilines is 2. The molecule has 1 aliphatic carbocycles. The van der Waals surface area contributed by atoms with Crippen LogP contribution in [0.1, 0.15) is 36.8 Å². The highest BCUT2D eigenvalue weighted by Gasteiger charge is 2.38. The molecule has 9 nitrogen and oxygen atoms in total. The normalized spacial score (nSPS) is 19.8. The third-order valence-electron chi connectivity index (χ3n) is 7.32. The van der Waals surface area contributed by atoms with Gasteiger partial charge in [0.25, 0.3) is 5.69 Å². The van der Waals surface area contributed by atoms with Crippen LogP contribution in [0.25, 0.3) is 0 Å². The third-order valence-corrected chi connectivity index (χ3v) is 7.32. The maximum absolute atomic E-state index is 13.2. The maximum Gasteiger partial charge on any atom is 0.423 e. The van der Waals surface area contributed by atoms with E-state index in [9.17, 15) is 28.1 Å². The van der Waals surface area contributed by atoms with Crippen LogP contribution in [0.15, 0.2) is 42.5 Å². The lowest BCUT2D eigenvalue weighted by atomic mass is 9.87. The molecule has 1 saturated heterocycles. The Bertz CT molecular complexity index is 1200. The highest BCUT2D eigenvalue weighted by molar-refractivity contribution is 5.77. The number of nitro benzene ring substituents is 1. The molecule has 0 aromatic heterocycles. The second kappa shape index (κ2) is 12.3. The molecule has 2 fully saturated rings. The molecule has 12 heteroatoms. The molecule has 0 unspecified atom stereocenters. The van der Waals surface area contributed by atoms with Crippen molar-refractivity contribution in [1.82, 2.24) is 4.90 Å². The first-order chi connectivity index (χ1) is 18.6. The highest BCUT2D eigenvalue weighted by atomic mass is 19.4. The summed E-state index contributed by atoms with van der Waals surface area (Å²) in [6.07, 6.45) is -1.75. The van der Waals surface area contributed by atoms with Crippen molar-refractivity contribution in [2.75, 3.05) is 49.5 Å². The first-order valence-corrected chi connectivity index (χ1v) is 12.9. The summed E-state index contributed by atoms with van der Waals surface area (Å²) in [5.41, 5.74) is -0.406. The van der Waals surface area contributed by atoms with Crippen LogP contribution in [-0.2, 0) is 15.7 Å². The minimum Gasteiger partial charge on any atom is -0.385 e. The predicted octanol–water partition coefficient (Wildman–Crippen LogP) is 4.82. The number of alkyl halides is 3. The Hall–Kier alpha value is -3.85. The van der Waals surface area contributed by atoms with Gasteiger partial charge in [-0.25, -0.2) is 0 Å². The maximum atomic E-state index is 13.2. The molecule has 1 heterocycles. The van der Waals surface area contributed by atoms with E-state index in [1.807, 2.05) is 12.1 Å². The number of carbonyl (C=O) groups is 1. The Morgan fingerprint density at radius 1 is 1.08 bits per heavy atom. The summed E-state index contributed by atoms with van der Waals surface area (Å²) in [6.45, 7) is 3.07. The standard InChI is InChI=1S/C27H30F3N5O4/c28-27(29,30)24-15-21(5-10-25(24)35(37)38)32-17-20-3-8-23(9-4-20)39-18-26(36)34-13-11-33(12-14-34)22-6-1-19(16-31)2-7-22/h1-2,5-7,10,15,20,23,32H,3-4,8-9,11-14,17-18H2. The van der Waals surface area contributed by atoms with Crippen LogP contribution in [0.3, 0.4) is 0 Å². The van der Waals surface area contributed by atoms with Crippen molar-refractivity contribution >= 4 is 23.0 Å². The SMILES string of the molecule is N#Cc1ccc(N2CCN(C(=O)COC3CCC(CNc4ccc([N+](=O)[O-])c(C(F)(F)F)c4)CC3)CC2)cc1. The predicted molar refractivity (Wildman–Crippen MR) is 138 cm³/mol. The number of nitro groups is 1. The fourth-order valence-corrected chi connectivity index (χ4v) is 5.04. The number of amides is 1. The van der Waals surface area contributed by atoms with E-state index < -0.39 is 22.4 Å². The van der Waals surface area contributed by atoms with Crippen molar-refractivity contribution in [2.24, 2.45) is 5.92 Å². The Balaban J connectivity index is 1.16. The molecule has 0 spiro atoms. The van der Waals surface area contributed by atoms with Crippen LogP contribution < -0.4 is 10.2 Å². The molecule has 1 aliphatic heterocycles. The summed E-state index contributed by atoms with van der Waals surface area (Å²) in [5, 5.41) is 22.8.